The summed E-state index contributed by atoms with van der Waals surface area (Å²) in [6.45, 7) is 5.94. The van der Waals surface area contributed by atoms with Crippen LogP contribution in [0.15, 0.2) is 30.3 Å². The van der Waals surface area contributed by atoms with Crippen molar-refractivity contribution in [3.05, 3.63) is 58.4 Å². The molecule has 22 heavy (non-hydrogen) atoms. The number of aromatic nitrogens is 1. The van der Waals surface area contributed by atoms with Crippen molar-refractivity contribution in [3.63, 3.8) is 0 Å². The molecule has 1 aromatic heterocycles. The van der Waals surface area contributed by atoms with E-state index in [2.05, 4.69) is 28.5 Å². The van der Waals surface area contributed by atoms with E-state index in [1.165, 1.54) is 11.1 Å². The highest BCUT2D eigenvalue weighted by molar-refractivity contribution is 5.97. The zero-order chi connectivity index (χ0) is 15.7. The molecule has 0 radical (unpaired) electrons. The molecule has 1 heterocycles. The predicted molar refractivity (Wildman–Crippen MR) is 89.2 cm³/mol. The Kier molecular flexibility index (Phi) is 3.97. The van der Waals surface area contributed by atoms with Gasteiger partial charge in [0, 0.05) is 5.69 Å². The lowest BCUT2D eigenvalue weighted by atomic mass is 9.82. The number of rotatable bonds is 2. The number of anilines is 1. The lowest BCUT2D eigenvalue weighted by Gasteiger charge is -2.25. The van der Waals surface area contributed by atoms with Crippen LogP contribution >= 0.6 is 0 Å². The quantitative estimate of drug-likeness (QED) is 0.907. The Morgan fingerprint density at radius 1 is 1.23 bits per heavy atom. The maximum Gasteiger partial charge on any atom is 0.231 e. The summed E-state index contributed by atoms with van der Waals surface area (Å²) < 4.78 is 0. The normalized spacial score (nSPS) is 17.0. The van der Waals surface area contributed by atoms with Crippen LogP contribution in [0.3, 0.4) is 0 Å². The summed E-state index contributed by atoms with van der Waals surface area (Å²) in [4.78, 5) is 17.2. The molecule has 3 rings (SSSR count). The van der Waals surface area contributed by atoms with Gasteiger partial charge in [-0.2, -0.15) is 0 Å². The van der Waals surface area contributed by atoms with Gasteiger partial charge in [-0.05, 0) is 62.8 Å². The Morgan fingerprint density at radius 3 is 2.77 bits per heavy atom. The van der Waals surface area contributed by atoms with E-state index in [1.54, 1.807) is 0 Å². The van der Waals surface area contributed by atoms with Gasteiger partial charge in [-0.15, -0.1) is 0 Å². The van der Waals surface area contributed by atoms with Gasteiger partial charge in [-0.1, -0.05) is 24.3 Å². The fraction of sp³-hybridized carbons (Fsp3) is 0.368. The number of carbonyl (C=O) groups excluding carboxylic acids is 1. The highest BCUT2D eigenvalue weighted by Gasteiger charge is 2.26. The topological polar surface area (TPSA) is 42.0 Å². The average molecular weight is 294 g/mol. The number of nitrogens with zero attached hydrogens (tertiary/aromatic N) is 1. The van der Waals surface area contributed by atoms with Gasteiger partial charge < -0.3 is 5.32 Å². The first-order chi connectivity index (χ1) is 10.6. The molecule has 0 fully saturated rings. The molecule has 1 aromatic carbocycles. The number of fused-ring (bicyclic) bond motifs is 1. The van der Waals surface area contributed by atoms with Crippen LogP contribution in [0.25, 0.3) is 0 Å². The molecular formula is C19H22N2O. The van der Waals surface area contributed by atoms with E-state index in [9.17, 15) is 4.79 Å². The second-order valence-electron chi connectivity index (χ2n) is 6.17. The molecule has 1 N–H and O–H groups in total. The van der Waals surface area contributed by atoms with Crippen LogP contribution in [-0.4, -0.2) is 10.9 Å². The van der Waals surface area contributed by atoms with E-state index in [0.29, 0.717) is 0 Å². The fourth-order valence-corrected chi connectivity index (χ4v) is 3.45. The third-order valence-corrected chi connectivity index (χ3v) is 4.46. The highest BCUT2D eigenvalue weighted by atomic mass is 16.1. The molecule has 1 atom stereocenters. The van der Waals surface area contributed by atoms with Crippen LogP contribution in [0, 0.1) is 20.8 Å². The van der Waals surface area contributed by atoms with Crippen molar-refractivity contribution in [2.75, 3.05) is 5.32 Å². The third kappa shape index (κ3) is 2.76. The highest BCUT2D eigenvalue weighted by Crippen LogP contribution is 2.33. The Hall–Kier alpha value is -2.16. The van der Waals surface area contributed by atoms with E-state index >= 15 is 0 Å². The second-order valence-corrected chi connectivity index (χ2v) is 6.17. The molecule has 2 aromatic rings. The average Bonchev–Trinajstić information content (AvgIpc) is 2.50. The molecule has 0 saturated carbocycles. The molecular weight excluding hydrogens is 272 g/mol. The third-order valence-electron chi connectivity index (χ3n) is 4.46. The van der Waals surface area contributed by atoms with Crippen molar-refractivity contribution in [2.24, 2.45) is 0 Å². The molecule has 3 heteroatoms. The number of pyridine rings is 1. The van der Waals surface area contributed by atoms with Crippen LogP contribution in [0.4, 0.5) is 5.69 Å². The number of hydrogen-bond donors (Lipinski definition) is 1. The van der Waals surface area contributed by atoms with Gasteiger partial charge in [-0.25, -0.2) is 0 Å². The van der Waals surface area contributed by atoms with Crippen LogP contribution in [0.5, 0.6) is 0 Å². The Balaban J connectivity index is 1.88. The van der Waals surface area contributed by atoms with E-state index < -0.39 is 0 Å². The van der Waals surface area contributed by atoms with Gasteiger partial charge in [0.25, 0.3) is 0 Å². The smallest absolute Gasteiger partial charge is 0.231 e. The number of amides is 1. The standard InChI is InChI=1S/C19H22N2O/c1-12-11-13(2)20-14(3)18(12)21-19(22)17-10-6-8-15-7-4-5-9-16(15)17/h4-5,7,9,11,17H,6,8,10H2,1-3H3,(H,21,22). The van der Waals surface area contributed by atoms with Crippen LogP contribution in [0.1, 0.15) is 46.8 Å². The van der Waals surface area contributed by atoms with Crippen molar-refractivity contribution in [1.82, 2.24) is 4.98 Å². The molecule has 0 bridgehead atoms. The summed E-state index contributed by atoms with van der Waals surface area (Å²) in [6, 6.07) is 10.3. The lowest BCUT2D eigenvalue weighted by Crippen LogP contribution is -2.25. The van der Waals surface area contributed by atoms with Crippen molar-refractivity contribution in [2.45, 2.75) is 46.0 Å². The minimum absolute atomic E-state index is 0.0509. The molecule has 0 aliphatic heterocycles. The number of nitrogens with one attached hydrogen (secondary N) is 1. The van der Waals surface area contributed by atoms with Gasteiger partial charge in [0.2, 0.25) is 5.91 Å². The molecule has 3 nitrogen and oxygen atoms in total. The first-order valence-electron chi connectivity index (χ1n) is 7.90. The van der Waals surface area contributed by atoms with E-state index in [4.69, 9.17) is 0 Å². The minimum Gasteiger partial charge on any atom is -0.324 e. The van der Waals surface area contributed by atoms with Crippen LogP contribution < -0.4 is 5.32 Å². The van der Waals surface area contributed by atoms with E-state index in [0.717, 1.165) is 41.9 Å². The SMILES string of the molecule is Cc1cc(C)c(NC(=O)C2CCCc3ccccc32)c(C)n1. The van der Waals surface area contributed by atoms with Gasteiger partial charge in [-0.3, -0.25) is 9.78 Å². The van der Waals surface area contributed by atoms with E-state index in [1.807, 2.05) is 32.9 Å². The Labute approximate surface area is 131 Å². The summed E-state index contributed by atoms with van der Waals surface area (Å²) in [7, 11) is 0. The number of hydrogen-bond acceptors (Lipinski definition) is 2. The Bertz CT molecular complexity index is 698. The van der Waals surface area contributed by atoms with Gasteiger partial charge in [0.05, 0.1) is 17.3 Å². The van der Waals surface area contributed by atoms with Crippen LogP contribution in [-0.2, 0) is 11.2 Å². The van der Waals surface area contributed by atoms with Gasteiger partial charge in [0.15, 0.2) is 0 Å². The van der Waals surface area contributed by atoms with Crippen molar-refractivity contribution >= 4 is 11.6 Å². The summed E-state index contributed by atoms with van der Waals surface area (Å²) in [6.07, 6.45) is 3.06. The maximum atomic E-state index is 12.8. The van der Waals surface area contributed by atoms with Gasteiger partial charge >= 0.3 is 0 Å². The predicted octanol–water partition coefficient (Wildman–Crippen LogP) is 4.07. The number of benzene rings is 1. The maximum absolute atomic E-state index is 12.8. The number of carbonyl (C=O) groups is 1. The molecule has 1 aliphatic carbocycles. The summed E-state index contributed by atoms with van der Waals surface area (Å²) in [5.74, 6) is 0.0362. The monoisotopic (exact) mass is 294 g/mol. The lowest BCUT2D eigenvalue weighted by molar-refractivity contribution is -0.117. The molecule has 114 valence electrons. The first kappa shape index (κ1) is 14.8. The minimum atomic E-state index is -0.0509. The van der Waals surface area contributed by atoms with Crippen molar-refractivity contribution < 1.29 is 4.79 Å². The van der Waals surface area contributed by atoms with Crippen LogP contribution in [0.2, 0.25) is 0 Å². The summed E-state index contributed by atoms with van der Waals surface area (Å²) in [5, 5.41) is 3.11. The van der Waals surface area contributed by atoms with Crippen molar-refractivity contribution in [1.29, 1.82) is 0 Å². The summed E-state index contributed by atoms with van der Waals surface area (Å²) >= 11 is 0. The molecule has 1 aliphatic rings. The number of aryl methyl sites for hydroxylation is 4. The molecule has 1 amide bonds. The summed E-state index contributed by atoms with van der Waals surface area (Å²) in [5.41, 5.74) is 6.29. The second kappa shape index (κ2) is 5.91. The van der Waals surface area contributed by atoms with E-state index in [-0.39, 0.29) is 11.8 Å². The van der Waals surface area contributed by atoms with Gasteiger partial charge in [0.1, 0.15) is 0 Å². The molecule has 0 saturated heterocycles. The zero-order valence-corrected chi connectivity index (χ0v) is 13.4. The zero-order valence-electron chi connectivity index (χ0n) is 13.4. The Morgan fingerprint density at radius 2 is 2.00 bits per heavy atom. The largest absolute Gasteiger partial charge is 0.324 e. The molecule has 0 spiro atoms. The first-order valence-corrected chi connectivity index (χ1v) is 7.90. The fourth-order valence-electron chi connectivity index (χ4n) is 3.45. The molecule has 1 unspecified atom stereocenters. The van der Waals surface area contributed by atoms with Crippen molar-refractivity contribution in [3.8, 4) is 0 Å².